The Balaban J connectivity index is 1.42. The molecule has 0 saturated carbocycles. The van der Waals surface area contributed by atoms with Crippen LogP contribution in [0.25, 0.3) is 33.2 Å². The predicted octanol–water partition coefficient (Wildman–Crippen LogP) is 4.58. The fraction of sp³-hybridized carbons (Fsp3) is 0.323. The summed E-state index contributed by atoms with van der Waals surface area (Å²) in [6, 6.07) is 16.2. The van der Waals surface area contributed by atoms with Gasteiger partial charge >= 0.3 is 0 Å². The normalized spacial score (nSPS) is 15.1. The molecule has 3 aromatic heterocycles. The van der Waals surface area contributed by atoms with Crippen molar-refractivity contribution in [2.45, 2.75) is 30.8 Å². The van der Waals surface area contributed by atoms with E-state index in [0.717, 1.165) is 59.9 Å². The van der Waals surface area contributed by atoms with Gasteiger partial charge in [0, 0.05) is 61.5 Å². The summed E-state index contributed by atoms with van der Waals surface area (Å²) in [6.45, 7) is 4.89. The average molecular weight is 575 g/mol. The summed E-state index contributed by atoms with van der Waals surface area (Å²) in [6.07, 6.45) is 4.90. The first-order valence-corrected chi connectivity index (χ1v) is 15.2. The molecule has 4 heterocycles. The molecule has 6 rings (SSSR count). The lowest BCUT2D eigenvalue weighted by Gasteiger charge is -2.29. The summed E-state index contributed by atoms with van der Waals surface area (Å²) in [5.74, 6) is 1.19. The second-order valence-corrected chi connectivity index (χ2v) is 12.4. The predicted molar refractivity (Wildman–Crippen MR) is 159 cm³/mol. The fourth-order valence-corrected chi connectivity index (χ4v) is 7.03. The molecule has 0 atom stereocenters. The average Bonchev–Trinajstić information content (AvgIpc) is 3.51. The number of pyridine rings is 1. The highest BCUT2D eigenvalue weighted by Gasteiger charge is 2.27. The largest absolute Gasteiger partial charge is 0.493 e. The lowest BCUT2D eigenvalue weighted by atomic mass is 10.1. The van der Waals surface area contributed by atoms with Gasteiger partial charge in [-0.3, -0.25) is 4.90 Å². The van der Waals surface area contributed by atoms with E-state index in [2.05, 4.69) is 9.88 Å². The first kappa shape index (κ1) is 27.3. The van der Waals surface area contributed by atoms with Gasteiger partial charge < -0.3 is 19.1 Å². The van der Waals surface area contributed by atoms with Gasteiger partial charge in [-0.25, -0.2) is 17.4 Å². The van der Waals surface area contributed by atoms with Crippen LogP contribution in [-0.4, -0.2) is 71.4 Å². The summed E-state index contributed by atoms with van der Waals surface area (Å²) >= 11 is 0. The Morgan fingerprint density at radius 1 is 1.05 bits per heavy atom. The number of aryl methyl sites for hydroxylation is 2. The molecule has 1 aliphatic heterocycles. The zero-order chi connectivity index (χ0) is 28.7. The Morgan fingerprint density at radius 2 is 1.80 bits per heavy atom. The lowest BCUT2D eigenvalue weighted by Crippen LogP contribution is -2.38. The van der Waals surface area contributed by atoms with Gasteiger partial charge in [0.15, 0.2) is 17.1 Å². The van der Waals surface area contributed by atoms with Crippen molar-refractivity contribution in [1.29, 1.82) is 0 Å². The standard InChI is InChI=1S/C31H34N4O5S/c1-21-6-8-24(9-7-21)41(37,38)35-28(17-22-5-4-12-32-31(22)35)26-20-33(2)27-19-30(29(39-3)18-25(26)27)40-16-15-34-13-10-23(36)11-14-34/h4-9,12,17-20,23,36H,10-11,13-16H2,1-3H3. The molecule has 0 unspecified atom stereocenters. The molecule has 0 bridgehead atoms. The number of hydrogen-bond donors (Lipinski definition) is 1. The lowest BCUT2D eigenvalue weighted by molar-refractivity contribution is 0.0753. The van der Waals surface area contributed by atoms with Gasteiger partial charge in [-0.2, -0.15) is 0 Å². The number of rotatable bonds is 8. The molecule has 1 N–H and O–H groups in total. The quantitative estimate of drug-likeness (QED) is 0.290. The molecule has 214 valence electrons. The number of aliphatic hydroxyl groups excluding tert-OH is 1. The third-order valence-electron chi connectivity index (χ3n) is 7.85. The molecule has 1 fully saturated rings. The van der Waals surface area contributed by atoms with Crippen LogP contribution in [0.3, 0.4) is 0 Å². The molecular formula is C31H34N4O5S. The summed E-state index contributed by atoms with van der Waals surface area (Å²) in [5, 5.41) is 11.3. The third kappa shape index (κ3) is 5.07. The van der Waals surface area contributed by atoms with E-state index in [-0.39, 0.29) is 11.0 Å². The van der Waals surface area contributed by atoms with Gasteiger partial charge in [-0.1, -0.05) is 17.7 Å². The molecule has 5 aromatic rings. The topological polar surface area (TPSA) is 98.8 Å². The van der Waals surface area contributed by atoms with Crippen molar-refractivity contribution >= 4 is 32.0 Å². The monoisotopic (exact) mass is 574 g/mol. The van der Waals surface area contributed by atoms with Crippen LogP contribution in [0.5, 0.6) is 11.5 Å². The Bertz CT molecular complexity index is 1820. The van der Waals surface area contributed by atoms with Crippen molar-refractivity contribution < 1.29 is 23.0 Å². The number of ether oxygens (including phenoxy) is 2. The number of hydrogen-bond acceptors (Lipinski definition) is 7. The highest BCUT2D eigenvalue weighted by Crippen LogP contribution is 2.40. The van der Waals surface area contributed by atoms with Crippen LogP contribution < -0.4 is 9.47 Å². The van der Waals surface area contributed by atoms with E-state index in [1.807, 2.05) is 49.0 Å². The maximum absolute atomic E-state index is 14.1. The van der Waals surface area contributed by atoms with Gasteiger partial charge in [0.2, 0.25) is 0 Å². The highest BCUT2D eigenvalue weighted by atomic mass is 32.2. The Kier molecular flexibility index (Phi) is 7.23. The van der Waals surface area contributed by atoms with Gasteiger partial charge in [-0.05, 0) is 56.2 Å². The van der Waals surface area contributed by atoms with Crippen molar-refractivity contribution in [3.8, 4) is 22.8 Å². The summed E-state index contributed by atoms with van der Waals surface area (Å²) < 4.78 is 43.3. The molecule has 41 heavy (non-hydrogen) atoms. The van der Waals surface area contributed by atoms with Crippen molar-refractivity contribution in [3.63, 3.8) is 0 Å². The molecule has 0 spiro atoms. The maximum atomic E-state index is 14.1. The number of piperidine rings is 1. The first-order valence-electron chi connectivity index (χ1n) is 13.8. The molecule has 9 nitrogen and oxygen atoms in total. The molecule has 1 aliphatic rings. The second kappa shape index (κ2) is 10.8. The SMILES string of the molecule is COc1cc2c(-c3cc4cccnc4n3S(=O)(=O)c3ccc(C)cc3)cn(C)c2cc1OCCN1CCC(O)CC1. The molecular weight excluding hydrogens is 540 g/mol. The molecule has 2 aromatic carbocycles. The zero-order valence-corrected chi connectivity index (χ0v) is 24.3. The number of fused-ring (bicyclic) bond motifs is 2. The number of aromatic nitrogens is 3. The molecule has 10 heteroatoms. The van der Waals surface area contributed by atoms with E-state index >= 15 is 0 Å². The van der Waals surface area contributed by atoms with Crippen molar-refractivity contribution in [3.05, 3.63) is 72.6 Å². The summed E-state index contributed by atoms with van der Waals surface area (Å²) in [4.78, 5) is 6.95. The molecule has 0 amide bonds. The third-order valence-corrected chi connectivity index (χ3v) is 9.57. The van der Waals surface area contributed by atoms with Crippen LogP contribution >= 0.6 is 0 Å². The van der Waals surface area contributed by atoms with Gasteiger partial charge in [0.25, 0.3) is 10.0 Å². The maximum Gasteiger partial charge on any atom is 0.269 e. The number of benzene rings is 2. The van der Waals surface area contributed by atoms with Crippen molar-refractivity contribution in [2.24, 2.45) is 7.05 Å². The fourth-order valence-electron chi connectivity index (χ4n) is 5.55. The van der Waals surface area contributed by atoms with Crippen LogP contribution in [0, 0.1) is 6.92 Å². The van der Waals surface area contributed by atoms with E-state index in [1.54, 1.807) is 43.6 Å². The zero-order valence-electron chi connectivity index (χ0n) is 23.4. The van der Waals surface area contributed by atoms with Crippen LogP contribution in [0.2, 0.25) is 0 Å². The Morgan fingerprint density at radius 3 is 2.54 bits per heavy atom. The number of aliphatic hydroxyl groups is 1. The van der Waals surface area contributed by atoms with E-state index < -0.39 is 10.0 Å². The van der Waals surface area contributed by atoms with Crippen LogP contribution in [0.4, 0.5) is 0 Å². The smallest absolute Gasteiger partial charge is 0.269 e. The number of methoxy groups -OCH3 is 1. The van der Waals surface area contributed by atoms with Gasteiger partial charge in [0.05, 0.1) is 29.3 Å². The van der Waals surface area contributed by atoms with Crippen LogP contribution in [0.1, 0.15) is 18.4 Å². The van der Waals surface area contributed by atoms with Crippen molar-refractivity contribution in [1.82, 2.24) is 18.4 Å². The molecule has 1 saturated heterocycles. The molecule has 0 radical (unpaired) electrons. The van der Waals surface area contributed by atoms with E-state index in [1.165, 1.54) is 3.97 Å². The molecule has 0 aliphatic carbocycles. The minimum Gasteiger partial charge on any atom is -0.493 e. The minimum absolute atomic E-state index is 0.198. The van der Waals surface area contributed by atoms with E-state index in [9.17, 15) is 13.5 Å². The second-order valence-electron chi connectivity index (χ2n) is 10.6. The minimum atomic E-state index is -3.96. The van der Waals surface area contributed by atoms with E-state index in [4.69, 9.17) is 9.47 Å². The highest BCUT2D eigenvalue weighted by molar-refractivity contribution is 7.90. The van der Waals surface area contributed by atoms with E-state index in [0.29, 0.717) is 29.4 Å². The number of nitrogens with zero attached hydrogens (tertiary/aromatic N) is 4. The number of likely N-dealkylation sites (tertiary alicyclic amines) is 1. The Labute approximate surface area is 239 Å². The van der Waals surface area contributed by atoms with Gasteiger partial charge in [-0.15, -0.1) is 0 Å². The van der Waals surface area contributed by atoms with Crippen LogP contribution in [0.15, 0.2) is 71.9 Å². The Hall–Kier alpha value is -3.86. The summed E-state index contributed by atoms with van der Waals surface area (Å²) in [5.41, 5.74) is 3.50. The van der Waals surface area contributed by atoms with Gasteiger partial charge in [0.1, 0.15) is 6.61 Å². The first-order chi connectivity index (χ1) is 19.8. The van der Waals surface area contributed by atoms with Crippen LogP contribution in [-0.2, 0) is 17.1 Å². The summed E-state index contributed by atoms with van der Waals surface area (Å²) in [7, 11) is -0.425. The van der Waals surface area contributed by atoms with Crippen molar-refractivity contribution in [2.75, 3.05) is 33.4 Å².